The van der Waals surface area contributed by atoms with E-state index in [1.54, 1.807) is 4.90 Å². The van der Waals surface area contributed by atoms with Gasteiger partial charge in [0.2, 0.25) is 0 Å². The van der Waals surface area contributed by atoms with E-state index in [0.717, 1.165) is 12.8 Å². The van der Waals surface area contributed by atoms with Crippen molar-refractivity contribution in [3.8, 4) is 0 Å². The number of carboxylic acids is 1. The zero-order chi connectivity index (χ0) is 16.4. The van der Waals surface area contributed by atoms with Crippen LogP contribution in [0.3, 0.4) is 0 Å². The van der Waals surface area contributed by atoms with Gasteiger partial charge in [0, 0.05) is 20.2 Å². The van der Waals surface area contributed by atoms with Gasteiger partial charge in [0.05, 0.1) is 6.54 Å². The van der Waals surface area contributed by atoms with Crippen LogP contribution in [0.2, 0.25) is 0 Å². The fraction of sp³-hybridized carbons (Fsp3) is 0.867. The zero-order valence-electron chi connectivity index (χ0n) is 13.9. The van der Waals surface area contributed by atoms with Crippen molar-refractivity contribution in [3.05, 3.63) is 0 Å². The summed E-state index contributed by atoms with van der Waals surface area (Å²) in [5.41, 5.74) is 0. The fourth-order valence-electron chi connectivity index (χ4n) is 1.71. The Bertz CT molecular complexity index is 307. The van der Waals surface area contributed by atoms with E-state index < -0.39 is 12.1 Å². The first-order chi connectivity index (χ1) is 9.77. The van der Waals surface area contributed by atoms with Crippen LogP contribution in [0.15, 0.2) is 0 Å². The smallest absolute Gasteiger partial charge is 0.334 e. The summed E-state index contributed by atoms with van der Waals surface area (Å²) in [6.07, 6.45) is 0.849. The minimum atomic E-state index is -1.08. The molecule has 0 saturated heterocycles. The van der Waals surface area contributed by atoms with E-state index in [9.17, 15) is 9.59 Å². The molecule has 0 radical (unpaired) electrons. The Hall–Kier alpha value is -1.30. The molecule has 0 spiro atoms. The van der Waals surface area contributed by atoms with Gasteiger partial charge in [-0.3, -0.25) is 0 Å². The van der Waals surface area contributed by atoms with Gasteiger partial charge in [0.15, 0.2) is 6.10 Å². The number of carbonyl (C=O) groups excluding carboxylic acids is 1. The van der Waals surface area contributed by atoms with Crippen LogP contribution < -0.4 is 5.32 Å². The molecule has 6 heteroatoms. The SMILES string of the molecule is COC(CNC(=O)N(CCC(C)C)CCC(C)C)C(=O)O. The normalized spacial score (nSPS) is 12.5. The number of rotatable bonds is 10. The molecule has 0 aromatic heterocycles. The molecule has 1 atom stereocenters. The molecule has 0 aromatic carbocycles. The van der Waals surface area contributed by atoms with Crippen LogP contribution in [-0.4, -0.2) is 54.9 Å². The van der Waals surface area contributed by atoms with E-state index in [1.165, 1.54) is 7.11 Å². The van der Waals surface area contributed by atoms with Crippen molar-refractivity contribution in [2.24, 2.45) is 11.8 Å². The Balaban J connectivity index is 4.43. The molecule has 0 bridgehead atoms. The Labute approximate surface area is 127 Å². The van der Waals surface area contributed by atoms with Crippen LogP contribution in [0.4, 0.5) is 4.79 Å². The van der Waals surface area contributed by atoms with E-state index in [1.807, 2.05) is 0 Å². The Kier molecular flexibility index (Phi) is 9.78. The predicted molar refractivity (Wildman–Crippen MR) is 82.3 cm³/mol. The van der Waals surface area contributed by atoms with Gasteiger partial charge in [0.1, 0.15) is 0 Å². The summed E-state index contributed by atoms with van der Waals surface area (Å²) >= 11 is 0. The second kappa shape index (κ2) is 10.4. The van der Waals surface area contributed by atoms with Crippen LogP contribution in [0.5, 0.6) is 0 Å². The van der Waals surface area contributed by atoms with E-state index in [4.69, 9.17) is 9.84 Å². The molecule has 2 amide bonds. The summed E-state index contributed by atoms with van der Waals surface area (Å²) < 4.78 is 4.81. The molecular formula is C15H30N2O4. The van der Waals surface area contributed by atoms with Gasteiger partial charge in [-0.1, -0.05) is 27.7 Å². The summed E-state index contributed by atoms with van der Waals surface area (Å²) in [6, 6.07) is -0.223. The first-order valence-corrected chi connectivity index (χ1v) is 7.56. The summed E-state index contributed by atoms with van der Waals surface area (Å²) in [7, 11) is 1.32. The molecule has 0 aliphatic heterocycles. The number of aliphatic carboxylic acids is 1. The molecular weight excluding hydrogens is 272 g/mol. The molecule has 0 aliphatic rings. The van der Waals surface area contributed by atoms with Crippen LogP contribution >= 0.6 is 0 Å². The van der Waals surface area contributed by atoms with Gasteiger partial charge in [-0.15, -0.1) is 0 Å². The largest absolute Gasteiger partial charge is 0.479 e. The second-order valence-electron chi connectivity index (χ2n) is 6.10. The van der Waals surface area contributed by atoms with Crippen molar-refractivity contribution in [3.63, 3.8) is 0 Å². The maximum atomic E-state index is 12.2. The van der Waals surface area contributed by atoms with Gasteiger partial charge in [-0.25, -0.2) is 9.59 Å². The summed E-state index contributed by atoms with van der Waals surface area (Å²) in [4.78, 5) is 24.8. The number of hydrogen-bond donors (Lipinski definition) is 2. The molecule has 0 heterocycles. The number of hydrogen-bond acceptors (Lipinski definition) is 3. The number of ether oxygens (including phenoxy) is 1. The van der Waals surface area contributed by atoms with Crippen molar-refractivity contribution in [2.75, 3.05) is 26.7 Å². The molecule has 21 heavy (non-hydrogen) atoms. The van der Waals surface area contributed by atoms with Crippen LogP contribution in [0, 0.1) is 11.8 Å². The van der Waals surface area contributed by atoms with Crippen molar-refractivity contribution in [1.29, 1.82) is 0 Å². The molecule has 6 nitrogen and oxygen atoms in total. The molecule has 124 valence electrons. The summed E-state index contributed by atoms with van der Waals surface area (Å²) in [5, 5.41) is 11.5. The standard InChI is InChI=1S/C15H30N2O4/c1-11(2)6-8-17(9-7-12(3)4)15(20)16-10-13(21-5)14(18)19/h11-13H,6-10H2,1-5H3,(H,16,20)(H,18,19). The zero-order valence-corrected chi connectivity index (χ0v) is 13.9. The lowest BCUT2D eigenvalue weighted by molar-refractivity contribution is -0.148. The number of carboxylic acid groups (broad SMARTS) is 1. The number of methoxy groups -OCH3 is 1. The van der Waals surface area contributed by atoms with Crippen molar-refractivity contribution >= 4 is 12.0 Å². The third kappa shape index (κ3) is 9.28. The minimum absolute atomic E-state index is 0.0233. The number of nitrogens with zero attached hydrogens (tertiary/aromatic N) is 1. The summed E-state index contributed by atoms with van der Waals surface area (Å²) in [6.45, 7) is 9.80. The Morgan fingerprint density at radius 3 is 1.90 bits per heavy atom. The number of urea groups is 1. The Morgan fingerprint density at radius 1 is 1.10 bits per heavy atom. The Morgan fingerprint density at radius 2 is 1.57 bits per heavy atom. The second-order valence-corrected chi connectivity index (χ2v) is 6.10. The predicted octanol–water partition coefficient (Wildman–Crippen LogP) is 2.19. The van der Waals surface area contributed by atoms with Gasteiger partial charge in [0.25, 0.3) is 0 Å². The third-order valence-corrected chi connectivity index (χ3v) is 3.24. The first-order valence-electron chi connectivity index (χ1n) is 7.56. The topological polar surface area (TPSA) is 78.9 Å². The maximum absolute atomic E-state index is 12.2. The number of nitrogens with one attached hydrogen (secondary N) is 1. The van der Waals surface area contributed by atoms with Gasteiger partial charge >= 0.3 is 12.0 Å². The molecule has 0 saturated carbocycles. The van der Waals surface area contributed by atoms with E-state index in [-0.39, 0.29) is 12.6 Å². The van der Waals surface area contributed by atoms with Gasteiger partial charge < -0.3 is 20.1 Å². The highest BCUT2D eigenvalue weighted by molar-refractivity contribution is 5.77. The lowest BCUT2D eigenvalue weighted by atomic mass is 10.1. The average Bonchev–Trinajstić information content (AvgIpc) is 2.38. The minimum Gasteiger partial charge on any atom is -0.479 e. The van der Waals surface area contributed by atoms with Crippen molar-refractivity contribution in [2.45, 2.75) is 46.6 Å². The van der Waals surface area contributed by atoms with Crippen molar-refractivity contribution in [1.82, 2.24) is 10.2 Å². The molecule has 0 aliphatic carbocycles. The average molecular weight is 302 g/mol. The van der Waals surface area contributed by atoms with E-state index in [0.29, 0.717) is 24.9 Å². The molecule has 1 unspecified atom stereocenters. The molecule has 0 rings (SSSR count). The maximum Gasteiger partial charge on any atom is 0.334 e. The van der Waals surface area contributed by atoms with Gasteiger partial charge in [-0.2, -0.15) is 0 Å². The van der Waals surface area contributed by atoms with Gasteiger partial charge in [-0.05, 0) is 24.7 Å². The van der Waals surface area contributed by atoms with Crippen molar-refractivity contribution < 1.29 is 19.4 Å². The highest BCUT2D eigenvalue weighted by Gasteiger charge is 2.20. The highest BCUT2D eigenvalue weighted by atomic mass is 16.5. The molecule has 0 fully saturated rings. The van der Waals surface area contributed by atoms with E-state index >= 15 is 0 Å². The fourth-order valence-corrected chi connectivity index (χ4v) is 1.71. The molecule has 0 aromatic rings. The summed E-state index contributed by atoms with van der Waals surface area (Å²) in [5.74, 6) is -0.0381. The lowest BCUT2D eigenvalue weighted by Crippen LogP contribution is -2.46. The monoisotopic (exact) mass is 302 g/mol. The quantitative estimate of drug-likeness (QED) is 0.648. The first kappa shape index (κ1) is 19.7. The van der Waals surface area contributed by atoms with Crippen LogP contribution in [0.25, 0.3) is 0 Å². The highest BCUT2D eigenvalue weighted by Crippen LogP contribution is 2.07. The molecule has 2 N–H and O–H groups in total. The van der Waals surface area contributed by atoms with Crippen LogP contribution in [0.1, 0.15) is 40.5 Å². The number of carbonyl (C=O) groups is 2. The number of amides is 2. The van der Waals surface area contributed by atoms with E-state index in [2.05, 4.69) is 33.0 Å². The lowest BCUT2D eigenvalue weighted by Gasteiger charge is -2.25. The third-order valence-electron chi connectivity index (χ3n) is 3.24. The van der Waals surface area contributed by atoms with Crippen LogP contribution in [-0.2, 0) is 9.53 Å².